The normalized spacial score (nSPS) is 14.8. The third kappa shape index (κ3) is 3.39. The van der Waals surface area contributed by atoms with E-state index in [0.717, 1.165) is 11.8 Å². The Morgan fingerprint density at radius 2 is 1.63 bits per heavy atom. The van der Waals surface area contributed by atoms with Gasteiger partial charge in [-0.25, -0.2) is 8.42 Å². The van der Waals surface area contributed by atoms with Crippen LogP contribution in [0.3, 0.4) is 0 Å². The van der Waals surface area contributed by atoms with E-state index in [1.54, 1.807) is 19.1 Å². The summed E-state index contributed by atoms with van der Waals surface area (Å²) < 4.78 is 33.4. The Labute approximate surface area is 114 Å². The lowest BCUT2D eigenvalue weighted by molar-refractivity contribution is 0.175. The molecule has 1 aromatic carbocycles. The Morgan fingerprint density at radius 3 is 2.05 bits per heavy atom. The van der Waals surface area contributed by atoms with E-state index in [-0.39, 0.29) is 0 Å². The van der Waals surface area contributed by atoms with Crippen molar-refractivity contribution in [2.24, 2.45) is 0 Å². The monoisotopic (exact) mass is 288 g/mol. The number of hydrogen-bond donors (Lipinski definition) is 1. The predicted octanol–water partition coefficient (Wildman–Crippen LogP) is 1.48. The van der Waals surface area contributed by atoms with Crippen molar-refractivity contribution in [3.8, 4) is 11.5 Å². The minimum atomic E-state index is -3.32. The van der Waals surface area contributed by atoms with Gasteiger partial charge in [0.05, 0.1) is 25.6 Å². The van der Waals surface area contributed by atoms with Crippen LogP contribution in [0.2, 0.25) is 0 Å². The van der Waals surface area contributed by atoms with E-state index in [1.807, 2.05) is 0 Å². The third-order valence-electron chi connectivity index (χ3n) is 3.21. The van der Waals surface area contributed by atoms with Crippen LogP contribution in [0.15, 0.2) is 12.1 Å². The third-order valence-corrected chi connectivity index (χ3v) is 4.82. The molecule has 0 bridgehead atoms. The summed E-state index contributed by atoms with van der Waals surface area (Å²) in [6.45, 7) is 3.27. The molecule has 5 nitrogen and oxygen atoms in total. The molecule has 0 aliphatic rings. The van der Waals surface area contributed by atoms with Gasteiger partial charge in [0, 0.05) is 6.26 Å². The highest BCUT2D eigenvalue weighted by Crippen LogP contribution is 2.34. The summed E-state index contributed by atoms with van der Waals surface area (Å²) in [5.74, 6) is 1.01. The molecule has 0 spiro atoms. The number of aliphatic hydroxyl groups excluding tert-OH is 1. The number of ether oxygens (including phenoxy) is 2. The molecule has 108 valence electrons. The first-order chi connectivity index (χ1) is 8.72. The van der Waals surface area contributed by atoms with Crippen LogP contribution in [0.1, 0.15) is 24.2 Å². The molecule has 1 aromatic rings. The lowest BCUT2D eigenvalue weighted by Crippen LogP contribution is -2.24. The van der Waals surface area contributed by atoms with E-state index in [0.29, 0.717) is 17.1 Å². The fourth-order valence-corrected chi connectivity index (χ4v) is 2.42. The van der Waals surface area contributed by atoms with Gasteiger partial charge >= 0.3 is 0 Å². The second-order valence-corrected chi connectivity index (χ2v) is 6.95. The number of benzene rings is 1. The van der Waals surface area contributed by atoms with Crippen molar-refractivity contribution in [1.29, 1.82) is 0 Å². The minimum absolute atomic E-state index is 0.461. The molecule has 0 heterocycles. The van der Waals surface area contributed by atoms with Crippen LogP contribution in [-0.2, 0) is 9.84 Å². The molecule has 1 N–H and O–H groups in total. The number of sulfone groups is 1. The van der Waals surface area contributed by atoms with E-state index in [1.165, 1.54) is 21.1 Å². The second kappa shape index (κ2) is 5.79. The van der Waals surface area contributed by atoms with E-state index in [4.69, 9.17) is 9.47 Å². The van der Waals surface area contributed by atoms with Crippen LogP contribution in [0, 0.1) is 6.92 Å². The largest absolute Gasteiger partial charge is 0.493 e. The Hall–Kier alpha value is -1.27. The van der Waals surface area contributed by atoms with Crippen molar-refractivity contribution in [2.45, 2.75) is 25.2 Å². The van der Waals surface area contributed by atoms with Crippen LogP contribution < -0.4 is 9.47 Å². The highest BCUT2D eigenvalue weighted by atomic mass is 32.2. The zero-order valence-electron chi connectivity index (χ0n) is 11.8. The maximum atomic E-state index is 11.5. The number of methoxy groups -OCH3 is 2. The molecule has 0 aromatic heterocycles. The molecular formula is C13H20O5S. The molecular weight excluding hydrogens is 268 g/mol. The van der Waals surface area contributed by atoms with Gasteiger partial charge in [-0.3, -0.25) is 0 Å². The van der Waals surface area contributed by atoms with Gasteiger partial charge in [0.15, 0.2) is 21.3 Å². The zero-order chi connectivity index (χ0) is 14.8. The van der Waals surface area contributed by atoms with Gasteiger partial charge in [-0.05, 0) is 37.1 Å². The van der Waals surface area contributed by atoms with E-state index >= 15 is 0 Å². The van der Waals surface area contributed by atoms with E-state index in [2.05, 4.69) is 0 Å². The fourth-order valence-electron chi connectivity index (χ4n) is 1.80. The van der Waals surface area contributed by atoms with Gasteiger partial charge in [-0.15, -0.1) is 0 Å². The molecule has 2 unspecified atom stereocenters. The van der Waals surface area contributed by atoms with Gasteiger partial charge in [0.1, 0.15) is 0 Å². The maximum absolute atomic E-state index is 11.5. The summed E-state index contributed by atoms with van der Waals surface area (Å²) in [6, 6.07) is 3.33. The molecule has 0 aliphatic heterocycles. The SMILES string of the molecule is COc1cc(C)c(C(O)C(C)S(C)(=O)=O)cc1OC. The minimum Gasteiger partial charge on any atom is -0.493 e. The Balaban J connectivity index is 3.28. The summed E-state index contributed by atoms with van der Waals surface area (Å²) in [5.41, 5.74) is 1.27. The second-order valence-electron chi connectivity index (χ2n) is 4.54. The average molecular weight is 288 g/mol. The van der Waals surface area contributed by atoms with Gasteiger partial charge in [-0.2, -0.15) is 0 Å². The predicted molar refractivity (Wildman–Crippen MR) is 73.5 cm³/mol. The maximum Gasteiger partial charge on any atom is 0.161 e. The van der Waals surface area contributed by atoms with Crippen molar-refractivity contribution in [3.63, 3.8) is 0 Å². The lowest BCUT2D eigenvalue weighted by Gasteiger charge is -2.21. The highest BCUT2D eigenvalue weighted by molar-refractivity contribution is 7.91. The molecule has 2 atom stereocenters. The van der Waals surface area contributed by atoms with Gasteiger partial charge in [-0.1, -0.05) is 0 Å². The van der Waals surface area contributed by atoms with E-state index in [9.17, 15) is 13.5 Å². The number of aliphatic hydroxyl groups is 1. The quantitative estimate of drug-likeness (QED) is 0.888. The molecule has 19 heavy (non-hydrogen) atoms. The zero-order valence-corrected chi connectivity index (χ0v) is 12.6. The molecule has 0 aliphatic carbocycles. The standard InChI is InChI=1S/C13H20O5S/c1-8-6-11(17-3)12(18-4)7-10(8)13(14)9(2)19(5,15)16/h6-7,9,13-14H,1-5H3. The number of aryl methyl sites for hydroxylation is 1. The van der Waals surface area contributed by atoms with Crippen LogP contribution in [-0.4, -0.2) is 39.2 Å². The Kier molecular flexibility index (Phi) is 4.81. The highest BCUT2D eigenvalue weighted by Gasteiger charge is 2.27. The first kappa shape index (κ1) is 15.8. The Bertz CT molecular complexity index is 550. The van der Waals surface area contributed by atoms with Gasteiger partial charge < -0.3 is 14.6 Å². The lowest BCUT2D eigenvalue weighted by atomic mass is 10.0. The molecule has 0 saturated carbocycles. The van der Waals surface area contributed by atoms with Gasteiger partial charge in [0.2, 0.25) is 0 Å². The summed E-state index contributed by atoms with van der Waals surface area (Å²) in [6.07, 6.45) is 0.00608. The smallest absolute Gasteiger partial charge is 0.161 e. The van der Waals surface area contributed by atoms with E-state index < -0.39 is 21.2 Å². The molecule has 0 saturated heterocycles. The first-order valence-corrected chi connectivity index (χ1v) is 7.77. The van der Waals surface area contributed by atoms with Crippen molar-refractivity contribution in [2.75, 3.05) is 20.5 Å². The van der Waals surface area contributed by atoms with Crippen LogP contribution in [0.4, 0.5) is 0 Å². The van der Waals surface area contributed by atoms with Crippen molar-refractivity contribution in [1.82, 2.24) is 0 Å². The van der Waals surface area contributed by atoms with Gasteiger partial charge in [0.25, 0.3) is 0 Å². The number of hydrogen-bond acceptors (Lipinski definition) is 5. The Morgan fingerprint density at radius 1 is 1.16 bits per heavy atom. The van der Waals surface area contributed by atoms with Crippen LogP contribution in [0.5, 0.6) is 11.5 Å². The summed E-state index contributed by atoms with van der Waals surface area (Å²) in [4.78, 5) is 0. The molecule has 0 fully saturated rings. The summed E-state index contributed by atoms with van der Waals surface area (Å²) in [7, 11) is -0.315. The van der Waals surface area contributed by atoms with Crippen molar-refractivity contribution >= 4 is 9.84 Å². The molecule has 1 rings (SSSR count). The summed E-state index contributed by atoms with van der Waals surface area (Å²) >= 11 is 0. The van der Waals surface area contributed by atoms with Crippen LogP contribution >= 0.6 is 0 Å². The van der Waals surface area contributed by atoms with Crippen molar-refractivity contribution < 1.29 is 23.0 Å². The molecule has 6 heteroatoms. The first-order valence-electron chi connectivity index (χ1n) is 5.81. The average Bonchev–Trinajstić information content (AvgIpc) is 2.35. The summed E-state index contributed by atoms with van der Waals surface area (Å²) in [5, 5.41) is 9.33. The van der Waals surface area contributed by atoms with Crippen molar-refractivity contribution in [3.05, 3.63) is 23.3 Å². The number of rotatable bonds is 5. The molecule has 0 radical (unpaired) electrons. The van der Waals surface area contributed by atoms with Crippen LogP contribution in [0.25, 0.3) is 0 Å². The molecule has 0 amide bonds. The fraction of sp³-hybridized carbons (Fsp3) is 0.538. The topological polar surface area (TPSA) is 72.8 Å².